The lowest BCUT2D eigenvalue weighted by Crippen LogP contribution is -2.23. The maximum Gasteiger partial charge on any atom is 0.251 e. The number of nitrogens with one attached hydrogen (secondary N) is 2. The molecule has 0 atom stereocenters. The third kappa shape index (κ3) is 4.72. The molecule has 0 aliphatic carbocycles. The van der Waals surface area contributed by atoms with Gasteiger partial charge in [0.25, 0.3) is 5.91 Å². The van der Waals surface area contributed by atoms with Crippen molar-refractivity contribution in [1.29, 1.82) is 0 Å². The highest BCUT2D eigenvalue weighted by molar-refractivity contribution is 6.31. The van der Waals surface area contributed by atoms with Crippen LogP contribution < -0.4 is 20.1 Å². The van der Waals surface area contributed by atoms with Gasteiger partial charge in [-0.15, -0.1) is 0 Å². The van der Waals surface area contributed by atoms with E-state index in [0.717, 1.165) is 5.56 Å². The van der Waals surface area contributed by atoms with Crippen molar-refractivity contribution in [3.8, 4) is 11.5 Å². The van der Waals surface area contributed by atoms with Crippen molar-refractivity contribution < 1.29 is 14.3 Å². The van der Waals surface area contributed by atoms with Gasteiger partial charge in [0.2, 0.25) is 0 Å². The number of aromatic nitrogens is 1. The van der Waals surface area contributed by atoms with Gasteiger partial charge in [-0.1, -0.05) is 29.8 Å². The van der Waals surface area contributed by atoms with Crippen LogP contribution in [0.3, 0.4) is 0 Å². The first-order valence-corrected chi connectivity index (χ1v) is 8.95. The number of ether oxygens (including phenoxy) is 2. The van der Waals surface area contributed by atoms with Gasteiger partial charge in [-0.3, -0.25) is 4.79 Å². The molecule has 0 saturated carbocycles. The average Bonchev–Trinajstić information content (AvgIpc) is 2.73. The molecule has 0 saturated heterocycles. The number of anilines is 2. The topological polar surface area (TPSA) is 72.5 Å². The summed E-state index contributed by atoms with van der Waals surface area (Å²) in [7, 11) is 3.17. The van der Waals surface area contributed by atoms with Crippen molar-refractivity contribution in [1.82, 2.24) is 10.3 Å². The molecule has 0 spiro atoms. The first-order valence-electron chi connectivity index (χ1n) is 8.57. The molecule has 144 valence electrons. The summed E-state index contributed by atoms with van der Waals surface area (Å²) in [6, 6.07) is 16.1. The van der Waals surface area contributed by atoms with E-state index in [2.05, 4.69) is 15.6 Å². The van der Waals surface area contributed by atoms with Gasteiger partial charge >= 0.3 is 0 Å². The zero-order valence-electron chi connectivity index (χ0n) is 15.5. The molecule has 3 rings (SSSR count). The van der Waals surface area contributed by atoms with E-state index in [4.69, 9.17) is 21.1 Å². The van der Waals surface area contributed by atoms with Crippen LogP contribution in [0, 0.1) is 0 Å². The highest BCUT2D eigenvalue weighted by atomic mass is 35.5. The van der Waals surface area contributed by atoms with E-state index in [9.17, 15) is 4.79 Å². The van der Waals surface area contributed by atoms with E-state index in [0.29, 0.717) is 40.1 Å². The molecule has 0 aliphatic heterocycles. The Morgan fingerprint density at radius 3 is 2.64 bits per heavy atom. The van der Waals surface area contributed by atoms with Gasteiger partial charge in [0, 0.05) is 29.4 Å². The monoisotopic (exact) mass is 397 g/mol. The van der Waals surface area contributed by atoms with Gasteiger partial charge in [-0.2, -0.15) is 0 Å². The number of amides is 1. The van der Waals surface area contributed by atoms with Gasteiger partial charge in [0.15, 0.2) is 0 Å². The predicted molar refractivity (Wildman–Crippen MR) is 110 cm³/mol. The minimum atomic E-state index is -0.219. The Morgan fingerprint density at radius 1 is 1.07 bits per heavy atom. The molecule has 7 heteroatoms. The summed E-state index contributed by atoms with van der Waals surface area (Å²) < 4.78 is 10.6. The quantitative estimate of drug-likeness (QED) is 0.617. The smallest absolute Gasteiger partial charge is 0.251 e. The van der Waals surface area contributed by atoms with Crippen molar-refractivity contribution >= 4 is 29.0 Å². The van der Waals surface area contributed by atoms with Crippen LogP contribution in [0.2, 0.25) is 5.02 Å². The fourth-order valence-electron chi connectivity index (χ4n) is 2.61. The van der Waals surface area contributed by atoms with E-state index in [1.165, 1.54) is 0 Å². The Kier molecular flexibility index (Phi) is 6.34. The number of methoxy groups -OCH3 is 2. The summed E-state index contributed by atoms with van der Waals surface area (Å²) in [5.74, 6) is 1.60. The molecule has 1 amide bonds. The van der Waals surface area contributed by atoms with Gasteiger partial charge in [0.05, 0.1) is 19.9 Å². The second-order valence-electron chi connectivity index (χ2n) is 5.90. The van der Waals surface area contributed by atoms with Gasteiger partial charge in [0.1, 0.15) is 17.3 Å². The van der Waals surface area contributed by atoms with Crippen molar-refractivity contribution in [3.63, 3.8) is 0 Å². The number of hydrogen-bond donors (Lipinski definition) is 2. The number of carbonyl (C=O) groups excluding carboxylic acids is 1. The highest BCUT2D eigenvalue weighted by Gasteiger charge is 2.10. The number of pyridine rings is 1. The number of carbonyl (C=O) groups is 1. The summed E-state index contributed by atoms with van der Waals surface area (Å²) >= 11 is 6.13. The largest absolute Gasteiger partial charge is 0.497 e. The lowest BCUT2D eigenvalue weighted by Gasteiger charge is -2.13. The van der Waals surface area contributed by atoms with Crippen LogP contribution in [0.25, 0.3) is 0 Å². The van der Waals surface area contributed by atoms with Crippen molar-refractivity contribution in [2.24, 2.45) is 0 Å². The molecule has 0 radical (unpaired) electrons. The Labute approximate surface area is 168 Å². The Bertz CT molecular complexity index is 979. The second-order valence-corrected chi connectivity index (χ2v) is 6.30. The van der Waals surface area contributed by atoms with Crippen LogP contribution in [0.5, 0.6) is 11.5 Å². The fourth-order valence-corrected chi connectivity index (χ4v) is 2.81. The molecule has 3 aromatic rings. The molecule has 2 aromatic carbocycles. The fraction of sp³-hybridized carbons (Fsp3) is 0.143. The van der Waals surface area contributed by atoms with Crippen molar-refractivity contribution in [3.05, 3.63) is 76.9 Å². The molecule has 0 bridgehead atoms. The molecule has 1 heterocycles. The molecule has 6 nitrogen and oxygen atoms in total. The summed E-state index contributed by atoms with van der Waals surface area (Å²) in [4.78, 5) is 16.8. The summed E-state index contributed by atoms with van der Waals surface area (Å²) in [6.45, 7) is 0.341. The van der Waals surface area contributed by atoms with E-state index < -0.39 is 0 Å². The summed E-state index contributed by atoms with van der Waals surface area (Å²) in [5.41, 5.74) is 2.01. The SMILES string of the molecule is COc1ccc(OC)c(Nc2cc(C(=O)NCc3ccccc3Cl)ccn2)c1. The number of hydrogen-bond acceptors (Lipinski definition) is 5. The van der Waals surface area contributed by atoms with Crippen molar-refractivity contribution in [2.75, 3.05) is 19.5 Å². The first kappa shape index (κ1) is 19.5. The van der Waals surface area contributed by atoms with Gasteiger partial charge in [-0.25, -0.2) is 4.98 Å². The zero-order valence-corrected chi connectivity index (χ0v) is 16.3. The highest BCUT2D eigenvalue weighted by Crippen LogP contribution is 2.31. The van der Waals surface area contributed by atoms with Crippen LogP contribution in [0.15, 0.2) is 60.8 Å². The zero-order chi connectivity index (χ0) is 19.9. The molecular formula is C21H20ClN3O3. The molecule has 0 unspecified atom stereocenters. The van der Waals surface area contributed by atoms with Crippen LogP contribution in [0.4, 0.5) is 11.5 Å². The number of benzene rings is 2. The summed E-state index contributed by atoms with van der Waals surface area (Å²) in [6.07, 6.45) is 1.57. The first-order chi connectivity index (χ1) is 13.6. The van der Waals surface area contributed by atoms with Crippen LogP contribution >= 0.6 is 11.6 Å². The number of nitrogens with zero attached hydrogens (tertiary/aromatic N) is 1. The Balaban J connectivity index is 1.73. The van der Waals surface area contributed by atoms with Crippen molar-refractivity contribution in [2.45, 2.75) is 6.54 Å². The molecule has 2 N–H and O–H groups in total. The van der Waals surface area contributed by atoms with E-state index in [1.54, 1.807) is 56.8 Å². The molecule has 28 heavy (non-hydrogen) atoms. The number of halogens is 1. The minimum Gasteiger partial charge on any atom is -0.497 e. The third-order valence-corrected chi connectivity index (χ3v) is 4.46. The molecule has 0 aliphatic rings. The lowest BCUT2D eigenvalue weighted by molar-refractivity contribution is 0.0951. The van der Waals surface area contributed by atoms with E-state index in [-0.39, 0.29) is 5.91 Å². The Hall–Kier alpha value is -3.25. The second kappa shape index (κ2) is 9.10. The van der Waals surface area contributed by atoms with Crippen LogP contribution in [-0.4, -0.2) is 25.1 Å². The summed E-state index contributed by atoms with van der Waals surface area (Å²) in [5, 5.41) is 6.64. The molecule has 1 aromatic heterocycles. The van der Waals surface area contributed by atoms with Crippen LogP contribution in [0.1, 0.15) is 15.9 Å². The maximum absolute atomic E-state index is 12.5. The number of rotatable bonds is 7. The lowest BCUT2D eigenvalue weighted by atomic mass is 10.2. The van der Waals surface area contributed by atoms with E-state index >= 15 is 0 Å². The molecular weight excluding hydrogens is 378 g/mol. The molecule has 0 fully saturated rings. The average molecular weight is 398 g/mol. The standard InChI is InChI=1S/C21H20ClN3O3/c1-27-16-7-8-19(28-2)18(12-16)25-20-11-14(9-10-23-20)21(26)24-13-15-5-3-4-6-17(15)22/h3-12H,13H2,1-2H3,(H,23,25)(H,24,26). The minimum absolute atomic E-state index is 0.219. The van der Waals surface area contributed by atoms with E-state index in [1.807, 2.05) is 18.2 Å². The third-order valence-electron chi connectivity index (χ3n) is 4.09. The predicted octanol–water partition coefficient (Wildman–Crippen LogP) is 4.43. The van der Waals surface area contributed by atoms with Gasteiger partial charge in [-0.05, 0) is 35.9 Å². The Morgan fingerprint density at radius 2 is 1.89 bits per heavy atom. The van der Waals surface area contributed by atoms with Gasteiger partial charge < -0.3 is 20.1 Å². The van der Waals surface area contributed by atoms with Crippen LogP contribution in [-0.2, 0) is 6.54 Å². The normalized spacial score (nSPS) is 10.2. The maximum atomic E-state index is 12.5.